The Morgan fingerprint density at radius 2 is 1.71 bits per heavy atom. The Kier molecular flexibility index (Phi) is 3.89. The van der Waals surface area contributed by atoms with Crippen molar-refractivity contribution < 1.29 is 14.7 Å². The van der Waals surface area contributed by atoms with Crippen LogP contribution in [0.5, 0.6) is 0 Å². The second kappa shape index (κ2) is 4.99. The summed E-state index contributed by atoms with van der Waals surface area (Å²) >= 11 is 0. The molecule has 4 heteroatoms. The Morgan fingerprint density at radius 3 is 2.12 bits per heavy atom. The number of benzene rings is 1. The summed E-state index contributed by atoms with van der Waals surface area (Å²) in [6, 6.07) is 7.67. The second-order valence-electron chi connectivity index (χ2n) is 4.98. The van der Waals surface area contributed by atoms with Gasteiger partial charge in [0.2, 0.25) is 0 Å². The van der Waals surface area contributed by atoms with Gasteiger partial charge in [-0.1, -0.05) is 39.0 Å². The summed E-state index contributed by atoms with van der Waals surface area (Å²) < 4.78 is 0. The molecule has 0 saturated carbocycles. The Labute approximate surface area is 101 Å². The minimum Gasteiger partial charge on any atom is -0.480 e. The van der Waals surface area contributed by atoms with E-state index in [9.17, 15) is 9.59 Å². The molecule has 0 aliphatic heterocycles. The van der Waals surface area contributed by atoms with E-state index in [1.165, 1.54) is 0 Å². The molecule has 0 spiro atoms. The molecule has 1 aromatic rings. The average molecular weight is 235 g/mol. The fourth-order valence-corrected chi connectivity index (χ4v) is 1.45. The van der Waals surface area contributed by atoms with Crippen LogP contribution in [0.15, 0.2) is 30.3 Å². The van der Waals surface area contributed by atoms with Crippen LogP contribution in [0.25, 0.3) is 0 Å². The molecular formula is C13H17NO3. The maximum absolute atomic E-state index is 11.8. The van der Waals surface area contributed by atoms with Gasteiger partial charge in [-0.25, -0.2) is 4.79 Å². The minimum absolute atomic E-state index is 0.368. The summed E-state index contributed by atoms with van der Waals surface area (Å²) in [6.45, 7) is 5.32. The van der Waals surface area contributed by atoms with Gasteiger partial charge in [-0.2, -0.15) is 0 Å². The molecule has 0 unspecified atom stereocenters. The first kappa shape index (κ1) is 13.2. The second-order valence-corrected chi connectivity index (χ2v) is 4.98. The van der Waals surface area contributed by atoms with Gasteiger partial charge < -0.3 is 10.4 Å². The molecule has 1 aromatic carbocycles. The number of hydrogen-bond donors (Lipinski definition) is 2. The fraction of sp³-hybridized carbons (Fsp3) is 0.385. The van der Waals surface area contributed by atoms with E-state index >= 15 is 0 Å². The van der Waals surface area contributed by atoms with Crippen LogP contribution in [-0.4, -0.2) is 23.0 Å². The number of carboxylic acids is 1. The molecule has 0 fully saturated rings. The summed E-state index contributed by atoms with van der Waals surface area (Å²) in [6.07, 6.45) is 0. The highest BCUT2D eigenvalue weighted by molar-refractivity contribution is 5.96. The molecule has 0 aliphatic carbocycles. The molecular weight excluding hydrogens is 218 g/mol. The molecule has 1 amide bonds. The highest BCUT2D eigenvalue weighted by Gasteiger charge is 2.32. The van der Waals surface area contributed by atoms with Crippen molar-refractivity contribution in [3.8, 4) is 0 Å². The van der Waals surface area contributed by atoms with E-state index in [4.69, 9.17) is 5.11 Å². The third-order valence-corrected chi connectivity index (χ3v) is 2.42. The van der Waals surface area contributed by atoms with Crippen LogP contribution in [0.3, 0.4) is 0 Å². The first-order chi connectivity index (χ1) is 7.82. The molecule has 4 nitrogen and oxygen atoms in total. The Balaban J connectivity index is 2.83. The lowest BCUT2D eigenvalue weighted by Crippen LogP contribution is -2.49. The molecule has 0 saturated heterocycles. The van der Waals surface area contributed by atoms with Crippen molar-refractivity contribution in [2.45, 2.75) is 26.8 Å². The average Bonchev–Trinajstić information content (AvgIpc) is 2.24. The van der Waals surface area contributed by atoms with Gasteiger partial charge in [0.15, 0.2) is 0 Å². The first-order valence-corrected chi connectivity index (χ1v) is 5.41. The molecule has 1 atom stereocenters. The lowest BCUT2D eigenvalue weighted by Gasteiger charge is -2.27. The zero-order valence-electron chi connectivity index (χ0n) is 10.2. The van der Waals surface area contributed by atoms with Gasteiger partial charge in [-0.15, -0.1) is 0 Å². The van der Waals surface area contributed by atoms with Gasteiger partial charge >= 0.3 is 5.97 Å². The van der Waals surface area contributed by atoms with Crippen molar-refractivity contribution in [2.24, 2.45) is 5.41 Å². The number of aliphatic carboxylic acids is 1. The largest absolute Gasteiger partial charge is 0.480 e. The monoisotopic (exact) mass is 235 g/mol. The Bertz CT molecular complexity index is 406. The zero-order valence-corrected chi connectivity index (χ0v) is 10.2. The molecule has 1 rings (SSSR count). The molecule has 0 radical (unpaired) electrons. The maximum Gasteiger partial charge on any atom is 0.326 e. The number of nitrogens with one attached hydrogen (secondary N) is 1. The van der Waals surface area contributed by atoms with Crippen LogP contribution in [0.1, 0.15) is 31.1 Å². The lowest BCUT2D eigenvalue weighted by molar-refractivity contribution is -0.142. The van der Waals surface area contributed by atoms with Crippen molar-refractivity contribution in [3.63, 3.8) is 0 Å². The van der Waals surface area contributed by atoms with E-state index in [2.05, 4.69) is 5.32 Å². The number of carboxylic acid groups (broad SMARTS) is 1. The number of carbonyl (C=O) groups excluding carboxylic acids is 1. The highest BCUT2D eigenvalue weighted by Crippen LogP contribution is 2.19. The molecule has 2 N–H and O–H groups in total. The zero-order chi connectivity index (χ0) is 13.1. The number of carbonyl (C=O) groups is 2. The van der Waals surface area contributed by atoms with E-state index in [1.807, 2.05) is 0 Å². The molecule has 17 heavy (non-hydrogen) atoms. The summed E-state index contributed by atoms with van der Waals surface area (Å²) in [7, 11) is 0. The van der Waals surface area contributed by atoms with E-state index < -0.39 is 17.4 Å². The van der Waals surface area contributed by atoms with Gasteiger partial charge in [0.05, 0.1) is 0 Å². The molecule has 0 bridgehead atoms. The molecule has 0 aromatic heterocycles. The molecule has 0 heterocycles. The first-order valence-electron chi connectivity index (χ1n) is 5.41. The van der Waals surface area contributed by atoms with Crippen molar-refractivity contribution in [3.05, 3.63) is 35.9 Å². The van der Waals surface area contributed by atoms with E-state index in [1.54, 1.807) is 51.1 Å². The van der Waals surface area contributed by atoms with Crippen molar-refractivity contribution in [2.75, 3.05) is 0 Å². The van der Waals surface area contributed by atoms with Gasteiger partial charge in [-0.3, -0.25) is 4.79 Å². The summed E-state index contributed by atoms with van der Waals surface area (Å²) in [5, 5.41) is 11.6. The standard InChI is InChI=1S/C13H17NO3/c1-13(2,3)10(12(16)17)14-11(15)9-7-5-4-6-8-9/h4-8,10H,1-3H3,(H,14,15)(H,16,17)/t10-/m0/s1. The predicted octanol–water partition coefficient (Wildman–Crippen LogP) is 1.92. The predicted molar refractivity (Wildman–Crippen MR) is 64.8 cm³/mol. The van der Waals surface area contributed by atoms with Crippen LogP contribution >= 0.6 is 0 Å². The van der Waals surface area contributed by atoms with E-state index in [0.717, 1.165) is 0 Å². The van der Waals surface area contributed by atoms with Crippen LogP contribution < -0.4 is 5.32 Å². The van der Waals surface area contributed by atoms with Gasteiger partial charge in [0.1, 0.15) is 6.04 Å². The summed E-state index contributed by atoms with van der Waals surface area (Å²) in [5.74, 6) is -1.39. The fourth-order valence-electron chi connectivity index (χ4n) is 1.45. The summed E-state index contributed by atoms with van der Waals surface area (Å²) in [4.78, 5) is 22.9. The van der Waals surface area contributed by atoms with E-state index in [-0.39, 0.29) is 5.91 Å². The Hall–Kier alpha value is -1.84. The van der Waals surface area contributed by atoms with Crippen molar-refractivity contribution >= 4 is 11.9 Å². The quantitative estimate of drug-likeness (QED) is 0.841. The van der Waals surface area contributed by atoms with Crippen LogP contribution in [0.4, 0.5) is 0 Å². The highest BCUT2D eigenvalue weighted by atomic mass is 16.4. The van der Waals surface area contributed by atoms with Gasteiger partial charge in [-0.05, 0) is 17.5 Å². The van der Waals surface area contributed by atoms with E-state index in [0.29, 0.717) is 5.56 Å². The normalized spacial score (nSPS) is 12.9. The SMILES string of the molecule is CC(C)(C)[C@@H](NC(=O)c1ccccc1)C(=O)O. The third kappa shape index (κ3) is 3.59. The number of amides is 1. The van der Waals surface area contributed by atoms with Gasteiger partial charge in [0.25, 0.3) is 5.91 Å². The van der Waals surface area contributed by atoms with Crippen molar-refractivity contribution in [1.29, 1.82) is 0 Å². The molecule has 0 aliphatic rings. The topological polar surface area (TPSA) is 66.4 Å². The van der Waals surface area contributed by atoms with Crippen molar-refractivity contribution in [1.82, 2.24) is 5.32 Å². The summed E-state index contributed by atoms with van der Waals surface area (Å²) in [5.41, 5.74) is -0.0704. The third-order valence-electron chi connectivity index (χ3n) is 2.42. The van der Waals surface area contributed by atoms with Crippen LogP contribution in [-0.2, 0) is 4.79 Å². The Morgan fingerprint density at radius 1 is 1.18 bits per heavy atom. The minimum atomic E-state index is -1.03. The lowest BCUT2D eigenvalue weighted by atomic mass is 9.86. The van der Waals surface area contributed by atoms with Gasteiger partial charge in [0, 0.05) is 5.56 Å². The van der Waals surface area contributed by atoms with Crippen LogP contribution in [0.2, 0.25) is 0 Å². The number of rotatable bonds is 3. The maximum atomic E-state index is 11.8. The smallest absolute Gasteiger partial charge is 0.326 e. The van der Waals surface area contributed by atoms with Crippen LogP contribution in [0, 0.1) is 5.41 Å². The molecule has 92 valence electrons. The number of hydrogen-bond acceptors (Lipinski definition) is 2.